The fourth-order valence-electron chi connectivity index (χ4n) is 4.02. The maximum absolute atomic E-state index is 13.1. The van der Waals surface area contributed by atoms with E-state index in [1.54, 1.807) is 18.2 Å². The molecule has 0 saturated carbocycles. The summed E-state index contributed by atoms with van der Waals surface area (Å²) in [6.07, 6.45) is 1.19. The van der Waals surface area contributed by atoms with Crippen LogP contribution in [-0.2, 0) is 19.1 Å². The molecule has 2 N–H and O–H groups in total. The normalized spacial score (nSPS) is 19.9. The summed E-state index contributed by atoms with van der Waals surface area (Å²) in [6.45, 7) is 4.32. The maximum atomic E-state index is 13.1. The Labute approximate surface area is 185 Å². The van der Waals surface area contributed by atoms with Crippen molar-refractivity contribution in [2.24, 2.45) is 0 Å². The molecule has 2 aliphatic heterocycles. The molecule has 2 aliphatic rings. The van der Waals surface area contributed by atoms with Gasteiger partial charge in [-0.3, -0.25) is 19.7 Å². The van der Waals surface area contributed by atoms with E-state index in [1.165, 1.54) is 29.0 Å². The van der Waals surface area contributed by atoms with Crippen LogP contribution in [0.15, 0.2) is 42.6 Å². The molecular formula is C22H26N4O6. The zero-order chi connectivity index (χ0) is 23.3. The molecule has 0 spiro atoms. The van der Waals surface area contributed by atoms with E-state index in [0.717, 1.165) is 0 Å². The first-order chi connectivity index (χ1) is 15.3. The third-order valence-corrected chi connectivity index (χ3v) is 5.59. The number of carbonyl (C=O) groups is 5. The molecule has 2 fully saturated rings. The molecule has 10 heteroatoms. The first-order valence-electron chi connectivity index (χ1n) is 10.4. The quantitative estimate of drug-likeness (QED) is 0.395. The van der Waals surface area contributed by atoms with Crippen LogP contribution in [0.5, 0.6) is 0 Å². The number of nitrogens with zero attached hydrogens (tertiary/aromatic N) is 2. The number of hydrogen-bond donors (Lipinski definition) is 2. The van der Waals surface area contributed by atoms with E-state index in [0.29, 0.717) is 38.8 Å². The monoisotopic (exact) mass is 442 g/mol. The summed E-state index contributed by atoms with van der Waals surface area (Å²) in [6, 6.07) is 6.64. The van der Waals surface area contributed by atoms with Crippen molar-refractivity contribution in [2.75, 3.05) is 20.1 Å². The molecule has 4 amide bonds. The first kappa shape index (κ1) is 23.0. The van der Waals surface area contributed by atoms with Crippen LogP contribution in [0.1, 0.15) is 36.0 Å². The molecule has 1 aromatic rings. The van der Waals surface area contributed by atoms with E-state index in [1.807, 2.05) is 0 Å². The van der Waals surface area contributed by atoms with Gasteiger partial charge in [-0.2, -0.15) is 0 Å². The molecule has 0 aliphatic carbocycles. The van der Waals surface area contributed by atoms with Crippen LogP contribution >= 0.6 is 0 Å². The van der Waals surface area contributed by atoms with Gasteiger partial charge in [0.05, 0.1) is 5.56 Å². The minimum atomic E-state index is -1.14. The van der Waals surface area contributed by atoms with Gasteiger partial charge in [0, 0.05) is 20.1 Å². The van der Waals surface area contributed by atoms with Crippen LogP contribution in [0, 0.1) is 0 Å². The number of likely N-dealkylation sites (N-methyl/N-ethyl adjacent to an activating group) is 1. The lowest BCUT2D eigenvalue weighted by molar-refractivity contribution is -0.145. The van der Waals surface area contributed by atoms with Crippen molar-refractivity contribution < 1.29 is 28.7 Å². The van der Waals surface area contributed by atoms with Gasteiger partial charge < -0.3 is 19.9 Å². The average Bonchev–Trinajstić information content (AvgIpc) is 3.48. The summed E-state index contributed by atoms with van der Waals surface area (Å²) in [5.41, 5.74) is -0.124. The smallest absolute Gasteiger partial charge is 0.372 e. The van der Waals surface area contributed by atoms with Gasteiger partial charge in [0.15, 0.2) is 0 Å². The molecule has 170 valence electrons. The number of benzene rings is 1. The molecular weight excluding hydrogens is 416 g/mol. The summed E-state index contributed by atoms with van der Waals surface area (Å²) in [4.78, 5) is 64.9. The highest BCUT2D eigenvalue weighted by Gasteiger charge is 2.42. The summed E-state index contributed by atoms with van der Waals surface area (Å²) in [5, 5.41) is 4.73. The lowest BCUT2D eigenvalue weighted by Crippen LogP contribution is -2.53. The molecule has 3 rings (SSSR count). The van der Waals surface area contributed by atoms with E-state index in [9.17, 15) is 24.0 Å². The molecule has 2 saturated heterocycles. The summed E-state index contributed by atoms with van der Waals surface area (Å²) >= 11 is 0. The number of carbonyl (C=O) groups excluding carboxylic acids is 5. The summed E-state index contributed by atoms with van der Waals surface area (Å²) < 4.78 is 4.69. The van der Waals surface area contributed by atoms with E-state index < -0.39 is 30.1 Å². The highest BCUT2D eigenvalue weighted by Crippen LogP contribution is 2.25. The Balaban J connectivity index is 1.60. The van der Waals surface area contributed by atoms with E-state index in [2.05, 4.69) is 21.9 Å². The molecule has 0 unspecified atom stereocenters. The van der Waals surface area contributed by atoms with Gasteiger partial charge in [-0.1, -0.05) is 24.8 Å². The van der Waals surface area contributed by atoms with Crippen LogP contribution in [0.2, 0.25) is 0 Å². The second-order valence-electron chi connectivity index (χ2n) is 7.61. The lowest BCUT2D eigenvalue weighted by atomic mass is 10.1. The molecule has 1 aromatic carbocycles. The van der Waals surface area contributed by atoms with Gasteiger partial charge in [-0.15, -0.1) is 0 Å². The van der Waals surface area contributed by atoms with Crippen molar-refractivity contribution in [1.82, 2.24) is 20.4 Å². The minimum absolute atomic E-state index is 0.182. The third-order valence-electron chi connectivity index (χ3n) is 5.59. The number of rotatable bonds is 5. The number of hydrogen-bond acceptors (Lipinski definition) is 6. The molecule has 0 bridgehead atoms. The van der Waals surface area contributed by atoms with Crippen molar-refractivity contribution in [2.45, 2.75) is 37.8 Å². The van der Waals surface area contributed by atoms with Crippen molar-refractivity contribution in [1.29, 1.82) is 0 Å². The van der Waals surface area contributed by atoms with Crippen molar-refractivity contribution in [3.8, 4) is 0 Å². The van der Waals surface area contributed by atoms with Gasteiger partial charge >= 0.3 is 12.1 Å². The highest BCUT2D eigenvalue weighted by molar-refractivity contribution is 6.02. The van der Waals surface area contributed by atoms with Crippen LogP contribution in [0.4, 0.5) is 4.79 Å². The van der Waals surface area contributed by atoms with E-state index in [4.69, 9.17) is 0 Å². The number of ether oxygens (including phenoxy) is 1. The highest BCUT2D eigenvalue weighted by atomic mass is 16.6. The largest absolute Gasteiger partial charge is 0.419 e. The lowest BCUT2D eigenvalue weighted by Gasteiger charge is -2.31. The van der Waals surface area contributed by atoms with Gasteiger partial charge in [0.25, 0.3) is 5.91 Å². The van der Waals surface area contributed by atoms with Crippen molar-refractivity contribution in [3.05, 3.63) is 48.2 Å². The Morgan fingerprint density at radius 2 is 1.59 bits per heavy atom. The molecule has 32 heavy (non-hydrogen) atoms. The van der Waals surface area contributed by atoms with E-state index >= 15 is 0 Å². The third kappa shape index (κ3) is 4.96. The van der Waals surface area contributed by atoms with Crippen LogP contribution in [-0.4, -0.2) is 71.8 Å². The minimum Gasteiger partial charge on any atom is -0.372 e. The Morgan fingerprint density at radius 1 is 0.969 bits per heavy atom. The Kier molecular flexibility index (Phi) is 7.24. The average molecular weight is 442 g/mol. The van der Waals surface area contributed by atoms with Gasteiger partial charge in [-0.25, -0.2) is 9.59 Å². The van der Waals surface area contributed by atoms with Gasteiger partial charge in [-0.05, 0) is 37.8 Å². The molecule has 0 aromatic heterocycles. The predicted octanol–water partition coefficient (Wildman–Crippen LogP) is 0.795. The fraction of sp³-hybridized carbons (Fsp3) is 0.409. The Bertz CT molecular complexity index is 932. The van der Waals surface area contributed by atoms with Crippen molar-refractivity contribution in [3.63, 3.8) is 0 Å². The van der Waals surface area contributed by atoms with Gasteiger partial charge in [0.1, 0.15) is 17.8 Å². The fourth-order valence-corrected chi connectivity index (χ4v) is 4.02. The zero-order valence-electron chi connectivity index (χ0n) is 17.8. The second kappa shape index (κ2) is 10.1. The van der Waals surface area contributed by atoms with Crippen LogP contribution in [0.25, 0.3) is 0 Å². The number of likely N-dealkylation sites (tertiary alicyclic amines) is 2. The first-order valence-corrected chi connectivity index (χ1v) is 10.4. The number of amides is 4. The predicted molar refractivity (Wildman–Crippen MR) is 113 cm³/mol. The SMILES string of the molecule is C=C(NC(=O)OC(=O)c1ccccc1)C(=O)N1CCC[C@H]1C(=O)N1CCC[C@H]1C(=O)NC. The molecule has 2 heterocycles. The second-order valence-corrected chi connectivity index (χ2v) is 7.61. The maximum Gasteiger partial charge on any atom is 0.419 e. The standard InChI is InChI=1S/C22H26N4O6/c1-14(24-22(31)32-21(30)15-8-4-3-5-9-15)19(28)26-13-7-11-17(26)20(29)25-12-6-10-16(25)18(27)23-2/h3-5,8-9,16-17H,1,6-7,10-13H2,2H3,(H,23,27)(H,24,31)/t16-,17-/m0/s1. The van der Waals surface area contributed by atoms with Crippen LogP contribution in [0.3, 0.4) is 0 Å². The van der Waals surface area contributed by atoms with Gasteiger partial charge in [0.2, 0.25) is 11.8 Å². The number of esters is 1. The Morgan fingerprint density at radius 3 is 2.25 bits per heavy atom. The zero-order valence-corrected chi connectivity index (χ0v) is 17.8. The number of alkyl carbamates (subject to hydrolysis) is 1. The Hall–Kier alpha value is -3.69. The van der Waals surface area contributed by atoms with Crippen molar-refractivity contribution >= 4 is 29.8 Å². The number of nitrogens with one attached hydrogen (secondary N) is 2. The summed E-state index contributed by atoms with van der Waals surface area (Å²) in [7, 11) is 1.52. The molecule has 10 nitrogen and oxygen atoms in total. The van der Waals surface area contributed by atoms with E-state index in [-0.39, 0.29) is 23.1 Å². The molecule has 2 atom stereocenters. The molecule has 0 radical (unpaired) electrons. The van der Waals surface area contributed by atoms with Crippen LogP contribution < -0.4 is 10.6 Å². The summed E-state index contributed by atoms with van der Waals surface area (Å²) in [5.74, 6) is -2.03. The topological polar surface area (TPSA) is 125 Å².